The molecule has 6 nitrogen and oxygen atoms in total. The van der Waals surface area contributed by atoms with E-state index in [1.807, 2.05) is 43.2 Å². The second-order valence-corrected chi connectivity index (χ2v) is 7.97. The SMILES string of the molecule is Cc1nnc2n1-c1ccc(-c3cnn(C)c3)cc1N(c1ccc(Cl)cc1)CC2C. The van der Waals surface area contributed by atoms with Gasteiger partial charge in [0.25, 0.3) is 0 Å². The normalized spacial score (nSPS) is 15.7. The van der Waals surface area contributed by atoms with Crippen molar-refractivity contribution in [3.63, 3.8) is 0 Å². The minimum absolute atomic E-state index is 0.209. The first-order valence-corrected chi connectivity index (χ1v) is 9.97. The first-order valence-electron chi connectivity index (χ1n) is 9.60. The van der Waals surface area contributed by atoms with Crippen molar-refractivity contribution in [3.05, 3.63) is 71.5 Å². The summed E-state index contributed by atoms with van der Waals surface area (Å²) < 4.78 is 3.99. The van der Waals surface area contributed by atoms with E-state index in [2.05, 4.69) is 62.0 Å². The molecule has 0 N–H and O–H groups in total. The van der Waals surface area contributed by atoms with Gasteiger partial charge in [-0.3, -0.25) is 9.25 Å². The molecule has 7 heteroatoms. The Kier molecular flexibility index (Phi) is 4.17. The van der Waals surface area contributed by atoms with Crippen LogP contribution in [0.15, 0.2) is 54.9 Å². The Balaban J connectivity index is 1.74. The Morgan fingerprint density at radius 2 is 1.79 bits per heavy atom. The van der Waals surface area contributed by atoms with E-state index in [1.54, 1.807) is 0 Å². The second kappa shape index (κ2) is 6.74. The number of benzene rings is 2. The molecule has 1 unspecified atom stereocenters. The Bertz CT molecular complexity index is 1190. The fraction of sp³-hybridized carbons (Fsp3) is 0.227. The lowest BCUT2D eigenvalue weighted by Crippen LogP contribution is -2.21. The Morgan fingerprint density at radius 3 is 2.52 bits per heavy atom. The fourth-order valence-corrected chi connectivity index (χ4v) is 4.12. The molecule has 2 aromatic carbocycles. The molecule has 146 valence electrons. The van der Waals surface area contributed by atoms with Crippen molar-refractivity contribution in [2.24, 2.45) is 7.05 Å². The first-order chi connectivity index (χ1) is 14.0. The lowest BCUT2D eigenvalue weighted by molar-refractivity contribution is 0.696. The monoisotopic (exact) mass is 404 g/mol. The third-order valence-corrected chi connectivity index (χ3v) is 5.68. The van der Waals surface area contributed by atoms with Crippen molar-refractivity contribution in [2.75, 3.05) is 11.4 Å². The standard InChI is InChI=1S/C22H21ClN6/c1-14-12-28(19-7-5-18(23)6-8-19)21-10-16(17-11-24-27(3)13-17)4-9-20(21)29-15(2)25-26-22(14)29/h4-11,13-14H,12H2,1-3H3. The van der Waals surface area contributed by atoms with Crippen molar-refractivity contribution >= 4 is 23.0 Å². The maximum atomic E-state index is 6.15. The summed E-state index contributed by atoms with van der Waals surface area (Å²) >= 11 is 6.15. The van der Waals surface area contributed by atoms with Gasteiger partial charge in [-0.15, -0.1) is 10.2 Å². The van der Waals surface area contributed by atoms with Gasteiger partial charge >= 0.3 is 0 Å². The molecule has 29 heavy (non-hydrogen) atoms. The molecule has 0 fully saturated rings. The topological polar surface area (TPSA) is 51.8 Å². The predicted octanol–water partition coefficient (Wildman–Crippen LogP) is 4.88. The molecule has 5 rings (SSSR count). The molecule has 0 bridgehead atoms. The molecule has 1 aliphatic heterocycles. The molecule has 0 saturated heterocycles. The van der Waals surface area contributed by atoms with Gasteiger partial charge in [-0.1, -0.05) is 24.6 Å². The fourth-order valence-electron chi connectivity index (χ4n) is 3.99. The summed E-state index contributed by atoms with van der Waals surface area (Å²) in [5.41, 5.74) is 5.50. The minimum atomic E-state index is 0.209. The molecule has 0 saturated carbocycles. The number of aromatic nitrogens is 5. The molecular weight excluding hydrogens is 384 g/mol. The molecule has 1 aliphatic rings. The number of nitrogens with zero attached hydrogens (tertiary/aromatic N) is 6. The van der Waals surface area contributed by atoms with Crippen molar-refractivity contribution in [1.82, 2.24) is 24.5 Å². The van der Waals surface area contributed by atoms with Crippen LogP contribution >= 0.6 is 11.6 Å². The molecule has 2 aromatic heterocycles. The Morgan fingerprint density at radius 1 is 1.00 bits per heavy atom. The number of rotatable bonds is 2. The van der Waals surface area contributed by atoms with Gasteiger partial charge in [0.05, 0.1) is 17.6 Å². The van der Waals surface area contributed by atoms with Gasteiger partial charge in [0.2, 0.25) is 0 Å². The van der Waals surface area contributed by atoms with Gasteiger partial charge in [0, 0.05) is 42.0 Å². The quantitative estimate of drug-likeness (QED) is 0.477. The average molecular weight is 405 g/mol. The van der Waals surface area contributed by atoms with Gasteiger partial charge in [-0.05, 0) is 48.9 Å². The zero-order valence-corrected chi connectivity index (χ0v) is 17.3. The molecule has 0 spiro atoms. The molecular formula is C22H21ClN6. The van der Waals surface area contributed by atoms with E-state index in [0.29, 0.717) is 0 Å². The average Bonchev–Trinajstić information content (AvgIpc) is 3.29. The molecule has 0 aliphatic carbocycles. The summed E-state index contributed by atoms with van der Waals surface area (Å²) in [5.74, 6) is 2.08. The highest BCUT2D eigenvalue weighted by Crippen LogP contribution is 2.40. The van der Waals surface area contributed by atoms with Gasteiger partial charge < -0.3 is 4.90 Å². The van der Waals surface area contributed by atoms with E-state index in [1.165, 1.54) is 0 Å². The number of hydrogen-bond acceptors (Lipinski definition) is 4. The van der Waals surface area contributed by atoms with Crippen LogP contribution in [0.5, 0.6) is 0 Å². The van der Waals surface area contributed by atoms with Crippen LogP contribution in [0.1, 0.15) is 24.5 Å². The zero-order valence-electron chi connectivity index (χ0n) is 16.5. The second-order valence-electron chi connectivity index (χ2n) is 7.54. The van der Waals surface area contributed by atoms with Crippen LogP contribution in [0.3, 0.4) is 0 Å². The van der Waals surface area contributed by atoms with Crippen LogP contribution in [-0.4, -0.2) is 31.1 Å². The number of aryl methyl sites for hydroxylation is 2. The van der Waals surface area contributed by atoms with E-state index in [-0.39, 0.29) is 5.92 Å². The molecule has 1 atom stereocenters. The van der Waals surface area contributed by atoms with Crippen molar-refractivity contribution < 1.29 is 0 Å². The van der Waals surface area contributed by atoms with Crippen molar-refractivity contribution in [1.29, 1.82) is 0 Å². The van der Waals surface area contributed by atoms with E-state index in [0.717, 1.165) is 51.4 Å². The van der Waals surface area contributed by atoms with E-state index < -0.39 is 0 Å². The van der Waals surface area contributed by atoms with Crippen LogP contribution < -0.4 is 4.90 Å². The van der Waals surface area contributed by atoms with E-state index in [9.17, 15) is 0 Å². The highest BCUT2D eigenvalue weighted by Gasteiger charge is 2.28. The Hall–Kier alpha value is -3.12. The van der Waals surface area contributed by atoms with Crippen LogP contribution in [-0.2, 0) is 7.05 Å². The highest BCUT2D eigenvalue weighted by atomic mass is 35.5. The van der Waals surface area contributed by atoms with Crippen LogP contribution in [0.25, 0.3) is 16.8 Å². The van der Waals surface area contributed by atoms with E-state index >= 15 is 0 Å². The van der Waals surface area contributed by atoms with Crippen molar-refractivity contribution in [3.8, 4) is 16.8 Å². The largest absolute Gasteiger partial charge is 0.339 e. The molecule has 0 amide bonds. The lowest BCUT2D eigenvalue weighted by Gasteiger charge is -2.27. The smallest absolute Gasteiger partial charge is 0.142 e. The summed E-state index contributed by atoms with van der Waals surface area (Å²) in [7, 11) is 1.93. The maximum absolute atomic E-state index is 6.15. The van der Waals surface area contributed by atoms with E-state index in [4.69, 9.17) is 11.6 Å². The number of halogens is 1. The Labute approximate surface area is 174 Å². The van der Waals surface area contributed by atoms with Crippen LogP contribution in [0.2, 0.25) is 5.02 Å². The van der Waals surface area contributed by atoms with Gasteiger partial charge in [-0.25, -0.2) is 0 Å². The minimum Gasteiger partial charge on any atom is -0.339 e. The summed E-state index contributed by atoms with van der Waals surface area (Å²) in [6.45, 7) is 4.99. The molecule has 4 aromatic rings. The summed E-state index contributed by atoms with van der Waals surface area (Å²) in [5, 5.41) is 13.9. The maximum Gasteiger partial charge on any atom is 0.142 e. The number of hydrogen-bond donors (Lipinski definition) is 0. The van der Waals surface area contributed by atoms with Crippen molar-refractivity contribution in [2.45, 2.75) is 19.8 Å². The zero-order chi connectivity index (χ0) is 20.1. The lowest BCUT2D eigenvalue weighted by atomic mass is 10.1. The van der Waals surface area contributed by atoms with Crippen LogP contribution in [0, 0.1) is 6.92 Å². The molecule has 0 radical (unpaired) electrons. The first kappa shape index (κ1) is 17.9. The third-order valence-electron chi connectivity index (χ3n) is 5.43. The summed E-state index contributed by atoms with van der Waals surface area (Å²) in [4.78, 5) is 2.34. The van der Waals surface area contributed by atoms with Crippen LogP contribution in [0.4, 0.5) is 11.4 Å². The van der Waals surface area contributed by atoms with Gasteiger partial charge in [-0.2, -0.15) is 5.10 Å². The van der Waals surface area contributed by atoms with Gasteiger partial charge in [0.15, 0.2) is 0 Å². The number of anilines is 2. The summed E-state index contributed by atoms with van der Waals surface area (Å²) in [6, 6.07) is 14.5. The summed E-state index contributed by atoms with van der Waals surface area (Å²) in [6.07, 6.45) is 3.92. The van der Waals surface area contributed by atoms with Gasteiger partial charge in [0.1, 0.15) is 11.6 Å². The molecule has 3 heterocycles. The third kappa shape index (κ3) is 3.00. The highest BCUT2D eigenvalue weighted by molar-refractivity contribution is 6.30. The predicted molar refractivity (Wildman–Crippen MR) is 115 cm³/mol. The number of fused-ring (bicyclic) bond motifs is 3.